The van der Waals surface area contributed by atoms with Crippen LogP contribution >= 0.6 is 0 Å². The highest BCUT2D eigenvalue weighted by atomic mass is 19.1. The topological polar surface area (TPSA) is 79.6 Å². The Morgan fingerprint density at radius 3 is 2.43 bits per heavy atom. The van der Waals surface area contributed by atoms with Crippen LogP contribution in [0.15, 0.2) is 30.3 Å². The Morgan fingerprint density at radius 2 is 1.87 bits per heavy atom. The molecular weight excluding hydrogens is 308 g/mol. The highest BCUT2D eigenvalue weighted by Crippen LogP contribution is 2.31. The molecule has 0 amide bonds. The van der Waals surface area contributed by atoms with E-state index in [2.05, 4.69) is 0 Å². The molecule has 0 spiro atoms. The molecule has 0 unspecified atom stereocenters. The first kappa shape index (κ1) is 16.2. The van der Waals surface area contributed by atoms with Crippen LogP contribution in [0.5, 0.6) is 17.2 Å². The van der Waals surface area contributed by atoms with Gasteiger partial charge in [-0.3, -0.25) is 0 Å². The summed E-state index contributed by atoms with van der Waals surface area (Å²) in [6, 6.07) is 6.63. The highest BCUT2D eigenvalue weighted by molar-refractivity contribution is 5.90. The van der Waals surface area contributed by atoms with Crippen LogP contribution in [0.1, 0.15) is 22.8 Å². The Hall–Kier alpha value is -3.14. The zero-order valence-corrected chi connectivity index (χ0v) is 12.0. The smallest absolute Gasteiger partial charge is 0.338 e. The summed E-state index contributed by atoms with van der Waals surface area (Å²) >= 11 is 0. The highest BCUT2D eigenvalue weighted by Gasteiger charge is 2.16. The summed E-state index contributed by atoms with van der Waals surface area (Å²) in [5.74, 6) is -4.11. The number of aromatic hydroxyl groups is 1. The van der Waals surface area contributed by atoms with Gasteiger partial charge < -0.3 is 14.6 Å². The summed E-state index contributed by atoms with van der Waals surface area (Å²) in [7, 11) is 0. The Kier molecular flexibility index (Phi) is 4.76. The molecule has 2 aromatic carbocycles. The number of carbonyl (C=O) groups is 1. The van der Waals surface area contributed by atoms with Gasteiger partial charge in [0.25, 0.3) is 0 Å². The second-order valence-corrected chi connectivity index (χ2v) is 4.42. The Morgan fingerprint density at radius 1 is 1.22 bits per heavy atom. The largest absolute Gasteiger partial charge is 0.508 e. The van der Waals surface area contributed by atoms with Crippen LogP contribution < -0.4 is 4.74 Å². The van der Waals surface area contributed by atoms with Crippen LogP contribution in [-0.2, 0) is 4.74 Å². The van der Waals surface area contributed by atoms with E-state index in [-0.39, 0.29) is 29.2 Å². The van der Waals surface area contributed by atoms with E-state index in [1.807, 2.05) is 0 Å². The van der Waals surface area contributed by atoms with Crippen LogP contribution in [0.4, 0.5) is 8.78 Å². The third kappa shape index (κ3) is 3.74. The molecule has 0 bridgehead atoms. The van der Waals surface area contributed by atoms with Crippen molar-refractivity contribution in [3.05, 3.63) is 53.1 Å². The minimum absolute atomic E-state index is 0.0312. The van der Waals surface area contributed by atoms with Crippen molar-refractivity contribution in [3.8, 4) is 23.3 Å². The lowest BCUT2D eigenvalue weighted by Crippen LogP contribution is -2.04. The van der Waals surface area contributed by atoms with Gasteiger partial charge in [0, 0.05) is 6.07 Å². The van der Waals surface area contributed by atoms with Gasteiger partial charge in [0.15, 0.2) is 17.4 Å². The number of nitriles is 1. The minimum atomic E-state index is -1.08. The van der Waals surface area contributed by atoms with Crippen LogP contribution in [0.25, 0.3) is 0 Å². The second-order valence-electron chi connectivity index (χ2n) is 4.42. The van der Waals surface area contributed by atoms with E-state index < -0.39 is 23.4 Å². The molecule has 0 aromatic heterocycles. The Balaban J connectivity index is 2.38. The number of esters is 1. The van der Waals surface area contributed by atoms with Crippen LogP contribution in [0.3, 0.4) is 0 Å². The molecule has 7 heteroatoms. The lowest BCUT2D eigenvalue weighted by molar-refractivity contribution is 0.0525. The predicted molar refractivity (Wildman–Crippen MR) is 75.2 cm³/mol. The van der Waals surface area contributed by atoms with Crippen molar-refractivity contribution in [2.24, 2.45) is 0 Å². The second kappa shape index (κ2) is 6.75. The number of phenols is 1. The van der Waals surface area contributed by atoms with Gasteiger partial charge in [-0.1, -0.05) is 0 Å². The number of phenolic OH excluding ortho intramolecular Hbond substituents is 1. The average molecular weight is 319 g/mol. The number of carbonyl (C=O) groups excluding carboxylic acids is 1. The molecule has 1 N–H and O–H groups in total. The van der Waals surface area contributed by atoms with Crippen molar-refractivity contribution in [1.29, 1.82) is 5.26 Å². The van der Waals surface area contributed by atoms with Crippen molar-refractivity contribution >= 4 is 5.97 Å². The minimum Gasteiger partial charge on any atom is -0.508 e. The molecule has 0 saturated carbocycles. The third-order valence-corrected chi connectivity index (χ3v) is 2.75. The fraction of sp³-hybridized carbons (Fsp3) is 0.125. The molecule has 0 fully saturated rings. The van der Waals surface area contributed by atoms with Crippen LogP contribution in [0.2, 0.25) is 0 Å². The number of rotatable bonds is 4. The van der Waals surface area contributed by atoms with Crippen LogP contribution in [0, 0.1) is 23.0 Å². The van der Waals surface area contributed by atoms with Gasteiger partial charge in [0.2, 0.25) is 0 Å². The molecule has 0 aliphatic carbocycles. The lowest BCUT2D eigenvalue weighted by atomic mass is 10.2. The molecule has 2 rings (SSSR count). The third-order valence-electron chi connectivity index (χ3n) is 2.75. The lowest BCUT2D eigenvalue weighted by Gasteiger charge is -2.10. The molecule has 0 aliphatic heterocycles. The molecule has 0 saturated heterocycles. The van der Waals surface area contributed by atoms with E-state index in [9.17, 15) is 18.7 Å². The summed E-state index contributed by atoms with van der Waals surface area (Å²) in [5.41, 5.74) is -0.230. The Bertz CT molecular complexity index is 776. The average Bonchev–Trinajstić information content (AvgIpc) is 2.50. The number of hydrogen-bond donors (Lipinski definition) is 1. The molecular formula is C16H11F2NO4. The zero-order chi connectivity index (χ0) is 17.0. The van der Waals surface area contributed by atoms with Gasteiger partial charge in [0.05, 0.1) is 23.8 Å². The van der Waals surface area contributed by atoms with Gasteiger partial charge in [-0.05, 0) is 31.2 Å². The standard InChI is InChI=1S/C16H11F2NO4/c1-2-22-16(21)10-5-11(20)7-12(6-10)23-15-13(17)3-9(8-19)4-14(15)18/h3-7,20H,2H2,1H3. The summed E-state index contributed by atoms with van der Waals surface area (Å²) in [4.78, 5) is 11.6. The fourth-order valence-electron chi connectivity index (χ4n) is 1.81. The number of halogens is 2. The van der Waals surface area contributed by atoms with E-state index in [1.165, 1.54) is 6.07 Å². The Labute approximate surface area is 130 Å². The van der Waals surface area contributed by atoms with E-state index in [0.29, 0.717) is 0 Å². The van der Waals surface area contributed by atoms with Gasteiger partial charge in [-0.15, -0.1) is 0 Å². The summed E-state index contributed by atoms with van der Waals surface area (Å²) in [5, 5.41) is 18.2. The van der Waals surface area contributed by atoms with Crippen molar-refractivity contribution in [1.82, 2.24) is 0 Å². The molecule has 0 heterocycles. The molecule has 23 heavy (non-hydrogen) atoms. The number of ether oxygens (including phenoxy) is 2. The number of benzene rings is 2. The first-order chi connectivity index (χ1) is 10.9. The van der Waals surface area contributed by atoms with Crippen LogP contribution in [-0.4, -0.2) is 17.7 Å². The van der Waals surface area contributed by atoms with Gasteiger partial charge in [-0.2, -0.15) is 5.26 Å². The van der Waals surface area contributed by atoms with E-state index in [0.717, 1.165) is 24.3 Å². The normalized spacial score (nSPS) is 10.0. The SMILES string of the molecule is CCOC(=O)c1cc(O)cc(Oc2c(F)cc(C#N)cc2F)c1. The van der Waals surface area contributed by atoms with Gasteiger partial charge in [0.1, 0.15) is 11.5 Å². The van der Waals surface area contributed by atoms with Gasteiger partial charge in [-0.25, -0.2) is 13.6 Å². The first-order valence-electron chi connectivity index (χ1n) is 6.52. The van der Waals surface area contributed by atoms with Crippen molar-refractivity contribution in [2.45, 2.75) is 6.92 Å². The summed E-state index contributed by atoms with van der Waals surface area (Å²) < 4.78 is 37.4. The molecule has 0 radical (unpaired) electrons. The van der Waals surface area contributed by atoms with Crippen molar-refractivity contribution in [3.63, 3.8) is 0 Å². The number of nitrogens with zero attached hydrogens (tertiary/aromatic N) is 1. The van der Waals surface area contributed by atoms with Gasteiger partial charge >= 0.3 is 5.97 Å². The quantitative estimate of drug-likeness (QED) is 0.872. The number of hydrogen-bond acceptors (Lipinski definition) is 5. The maximum atomic E-state index is 13.8. The van der Waals surface area contributed by atoms with E-state index in [1.54, 1.807) is 13.0 Å². The van der Waals surface area contributed by atoms with E-state index >= 15 is 0 Å². The monoisotopic (exact) mass is 319 g/mol. The molecule has 118 valence electrons. The molecule has 0 aliphatic rings. The maximum absolute atomic E-state index is 13.8. The van der Waals surface area contributed by atoms with Crippen molar-refractivity contribution in [2.75, 3.05) is 6.61 Å². The molecule has 5 nitrogen and oxygen atoms in total. The van der Waals surface area contributed by atoms with E-state index in [4.69, 9.17) is 14.7 Å². The molecule has 0 atom stereocenters. The fourth-order valence-corrected chi connectivity index (χ4v) is 1.81. The zero-order valence-electron chi connectivity index (χ0n) is 12.0. The molecule has 2 aromatic rings. The summed E-state index contributed by atoms with van der Waals surface area (Å²) in [6.45, 7) is 1.74. The van der Waals surface area contributed by atoms with Crippen molar-refractivity contribution < 1.29 is 28.2 Å². The summed E-state index contributed by atoms with van der Waals surface area (Å²) in [6.07, 6.45) is 0. The predicted octanol–water partition coefficient (Wildman–Crippen LogP) is 3.51. The maximum Gasteiger partial charge on any atom is 0.338 e. The first-order valence-corrected chi connectivity index (χ1v) is 6.52.